The molecular formula is C25H28N4O4. The summed E-state index contributed by atoms with van der Waals surface area (Å²) in [7, 11) is 0. The van der Waals surface area contributed by atoms with Gasteiger partial charge in [0.05, 0.1) is 25.2 Å². The zero-order valence-electron chi connectivity index (χ0n) is 18.5. The highest BCUT2D eigenvalue weighted by atomic mass is 16.5. The average Bonchev–Trinajstić information content (AvgIpc) is 3.28. The summed E-state index contributed by atoms with van der Waals surface area (Å²) in [5, 5.41) is 10.9. The van der Waals surface area contributed by atoms with Crippen molar-refractivity contribution in [1.29, 1.82) is 0 Å². The van der Waals surface area contributed by atoms with E-state index in [9.17, 15) is 9.59 Å². The minimum absolute atomic E-state index is 0.189. The molecule has 1 aromatic heterocycles. The second-order valence-electron chi connectivity index (χ2n) is 8.61. The summed E-state index contributed by atoms with van der Waals surface area (Å²) in [6.45, 7) is 1.68. The maximum atomic E-state index is 13.4. The number of aromatic nitrogens is 2. The van der Waals surface area contributed by atoms with Crippen molar-refractivity contribution in [1.82, 2.24) is 20.4 Å². The van der Waals surface area contributed by atoms with E-state index in [1.54, 1.807) is 4.90 Å². The van der Waals surface area contributed by atoms with E-state index in [1.807, 2.05) is 42.5 Å². The molecular weight excluding hydrogens is 420 g/mol. The van der Waals surface area contributed by atoms with Gasteiger partial charge in [-0.3, -0.25) is 14.7 Å². The number of aryl methyl sites for hydroxylation is 1. The fourth-order valence-corrected chi connectivity index (χ4v) is 4.70. The first kappa shape index (κ1) is 21.5. The van der Waals surface area contributed by atoms with Gasteiger partial charge in [0.15, 0.2) is 11.3 Å². The quantitative estimate of drug-likeness (QED) is 0.597. The fourth-order valence-electron chi connectivity index (χ4n) is 4.70. The second kappa shape index (κ2) is 9.23. The van der Waals surface area contributed by atoms with Crippen LogP contribution in [0.5, 0.6) is 5.75 Å². The molecule has 8 heteroatoms. The molecule has 1 atom stereocenters. The minimum Gasteiger partial charge on any atom is -0.491 e. The van der Waals surface area contributed by atoms with Gasteiger partial charge in [0.25, 0.3) is 11.8 Å². The van der Waals surface area contributed by atoms with E-state index in [2.05, 4.69) is 21.6 Å². The Labute approximate surface area is 192 Å². The normalized spacial score (nSPS) is 22.1. The van der Waals surface area contributed by atoms with Crippen molar-refractivity contribution < 1.29 is 19.1 Å². The van der Waals surface area contributed by atoms with Gasteiger partial charge in [-0.15, -0.1) is 0 Å². The molecule has 0 radical (unpaired) electrons. The van der Waals surface area contributed by atoms with Gasteiger partial charge in [0.1, 0.15) is 12.4 Å². The number of para-hydroxylation sites is 2. The topological polar surface area (TPSA) is 96.6 Å². The number of aromatic amines is 1. The van der Waals surface area contributed by atoms with Gasteiger partial charge >= 0.3 is 0 Å². The predicted molar refractivity (Wildman–Crippen MR) is 123 cm³/mol. The molecule has 2 aromatic carbocycles. The largest absolute Gasteiger partial charge is 0.491 e. The number of H-pyrrole nitrogens is 1. The van der Waals surface area contributed by atoms with Crippen molar-refractivity contribution in [3.63, 3.8) is 0 Å². The minimum atomic E-state index is -1.07. The van der Waals surface area contributed by atoms with Gasteiger partial charge in [0, 0.05) is 11.9 Å². The highest BCUT2D eigenvalue weighted by Crippen LogP contribution is 2.29. The van der Waals surface area contributed by atoms with Crippen molar-refractivity contribution >= 4 is 22.7 Å². The third-order valence-electron chi connectivity index (χ3n) is 6.45. The number of rotatable bonds is 1. The molecule has 33 heavy (non-hydrogen) atoms. The van der Waals surface area contributed by atoms with Crippen LogP contribution < -0.4 is 10.1 Å². The number of hydrogen-bond donors (Lipinski definition) is 2. The molecule has 3 aromatic rings. The van der Waals surface area contributed by atoms with Crippen molar-refractivity contribution in [2.45, 2.75) is 31.3 Å². The van der Waals surface area contributed by atoms with Gasteiger partial charge in [-0.1, -0.05) is 36.4 Å². The van der Waals surface area contributed by atoms with Crippen LogP contribution in [-0.4, -0.2) is 65.4 Å². The summed E-state index contributed by atoms with van der Waals surface area (Å²) < 4.78 is 12.0. The summed E-state index contributed by atoms with van der Waals surface area (Å²) in [4.78, 5) is 28.3. The van der Waals surface area contributed by atoms with Crippen molar-refractivity contribution in [2.24, 2.45) is 0 Å². The lowest BCUT2D eigenvalue weighted by atomic mass is 9.91. The Balaban J connectivity index is 1.35. The SMILES string of the molecule is O=C(c1n[nH]c2ccccc12)N1CCOC2(CCCCc3ccccc3OCCNC2=O)C1. The molecule has 1 spiro atoms. The molecule has 2 aliphatic heterocycles. The maximum absolute atomic E-state index is 13.4. The first-order valence-corrected chi connectivity index (χ1v) is 11.5. The van der Waals surface area contributed by atoms with Crippen LogP contribution in [-0.2, 0) is 16.0 Å². The van der Waals surface area contributed by atoms with E-state index in [1.165, 1.54) is 5.56 Å². The lowest BCUT2D eigenvalue weighted by Gasteiger charge is -2.41. The molecule has 2 amide bonds. The molecule has 172 valence electrons. The van der Waals surface area contributed by atoms with Crippen LogP contribution >= 0.6 is 0 Å². The lowest BCUT2D eigenvalue weighted by Crippen LogP contribution is -2.61. The Hall–Kier alpha value is -3.39. The number of amides is 2. The van der Waals surface area contributed by atoms with Crippen LogP contribution in [0.2, 0.25) is 0 Å². The predicted octanol–water partition coefficient (Wildman–Crippen LogP) is 2.70. The van der Waals surface area contributed by atoms with Gasteiger partial charge in [-0.25, -0.2) is 0 Å². The number of carbonyl (C=O) groups excluding carboxylic acids is 2. The summed E-state index contributed by atoms with van der Waals surface area (Å²) in [6, 6.07) is 15.6. The molecule has 0 saturated carbocycles. The average molecular weight is 449 g/mol. The molecule has 2 N–H and O–H groups in total. The third kappa shape index (κ3) is 4.30. The summed E-state index contributed by atoms with van der Waals surface area (Å²) >= 11 is 0. The standard InChI is InChI=1S/C25H28N4O4/c30-23(22-19-9-2-3-10-20(19)27-28-22)29-14-16-33-25(17-29)12-6-5-8-18-7-1-4-11-21(18)32-15-13-26-24(25)31/h1-4,7,9-11H,5-6,8,12-17H2,(H,26,31)(H,27,28). The van der Waals surface area contributed by atoms with Crippen LogP contribution in [0.3, 0.4) is 0 Å². The molecule has 5 rings (SSSR count). The molecule has 1 unspecified atom stereocenters. The van der Waals surface area contributed by atoms with Crippen LogP contribution in [0.25, 0.3) is 10.9 Å². The van der Waals surface area contributed by atoms with Crippen molar-refractivity contribution in [3.05, 3.63) is 59.8 Å². The van der Waals surface area contributed by atoms with Gasteiger partial charge < -0.3 is 19.7 Å². The number of nitrogens with zero attached hydrogens (tertiary/aromatic N) is 2. The maximum Gasteiger partial charge on any atom is 0.275 e. The number of nitrogens with one attached hydrogen (secondary N) is 2. The van der Waals surface area contributed by atoms with Crippen LogP contribution in [0.1, 0.15) is 35.3 Å². The van der Waals surface area contributed by atoms with Gasteiger partial charge in [-0.05, 0) is 43.4 Å². The Kier molecular flexibility index (Phi) is 6.00. The number of morpholine rings is 1. The zero-order valence-corrected chi connectivity index (χ0v) is 18.5. The molecule has 1 fully saturated rings. The first-order chi connectivity index (χ1) is 16.2. The van der Waals surface area contributed by atoms with E-state index in [0.29, 0.717) is 38.4 Å². The van der Waals surface area contributed by atoms with E-state index >= 15 is 0 Å². The summed E-state index contributed by atoms with van der Waals surface area (Å²) in [5.74, 6) is 0.495. The van der Waals surface area contributed by atoms with E-state index in [0.717, 1.165) is 35.9 Å². The second-order valence-corrected chi connectivity index (χ2v) is 8.61. The van der Waals surface area contributed by atoms with E-state index in [-0.39, 0.29) is 18.4 Å². The smallest absolute Gasteiger partial charge is 0.275 e. The number of fused-ring (bicyclic) bond motifs is 2. The lowest BCUT2D eigenvalue weighted by molar-refractivity contribution is -0.159. The zero-order chi connectivity index (χ0) is 22.7. The number of benzene rings is 2. The fraction of sp³-hybridized carbons (Fsp3) is 0.400. The summed E-state index contributed by atoms with van der Waals surface area (Å²) in [6.07, 6.45) is 3.12. The Bertz CT molecular complexity index is 1160. The Morgan fingerprint density at radius 3 is 2.85 bits per heavy atom. The molecule has 2 aliphatic rings. The molecule has 1 saturated heterocycles. The number of carbonyl (C=O) groups is 2. The third-order valence-corrected chi connectivity index (χ3v) is 6.45. The van der Waals surface area contributed by atoms with Crippen LogP contribution in [0, 0.1) is 0 Å². The van der Waals surface area contributed by atoms with Crippen LogP contribution in [0.4, 0.5) is 0 Å². The molecule has 0 bridgehead atoms. The molecule has 0 aliphatic carbocycles. The highest BCUT2D eigenvalue weighted by Gasteiger charge is 2.45. The summed E-state index contributed by atoms with van der Waals surface area (Å²) in [5.41, 5.74) is 1.29. The Morgan fingerprint density at radius 1 is 1.06 bits per heavy atom. The van der Waals surface area contributed by atoms with Gasteiger partial charge in [-0.2, -0.15) is 5.10 Å². The molecule has 3 heterocycles. The highest BCUT2D eigenvalue weighted by molar-refractivity contribution is 6.05. The number of ether oxygens (including phenoxy) is 2. The van der Waals surface area contributed by atoms with E-state index < -0.39 is 5.60 Å². The molecule has 8 nitrogen and oxygen atoms in total. The van der Waals surface area contributed by atoms with Crippen molar-refractivity contribution in [2.75, 3.05) is 32.8 Å². The number of hydrogen-bond acceptors (Lipinski definition) is 5. The van der Waals surface area contributed by atoms with Gasteiger partial charge in [0.2, 0.25) is 0 Å². The van der Waals surface area contributed by atoms with E-state index in [4.69, 9.17) is 9.47 Å². The van der Waals surface area contributed by atoms with Crippen LogP contribution in [0.15, 0.2) is 48.5 Å². The first-order valence-electron chi connectivity index (χ1n) is 11.5. The van der Waals surface area contributed by atoms with Crippen molar-refractivity contribution in [3.8, 4) is 5.75 Å². The Morgan fingerprint density at radius 2 is 1.91 bits per heavy atom. The monoisotopic (exact) mass is 448 g/mol.